The SMILES string of the molecule is O=P(O)(Cc1ccccc1)OCCCc1ccccn1. The van der Waals surface area contributed by atoms with Gasteiger partial charge in [0.2, 0.25) is 0 Å². The molecule has 1 unspecified atom stereocenters. The first-order valence-electron chi connectivity index (χ1n) is 6.56. The number of hydrogen-bond acceptors (Lipinski definition) is 3. The third-order valence-electron chi connectivity index (χ3n) is 2.82. The molecule has 0 aliphatic rings. The van der Waals surface area contributed by atoms with E-state index in [2.05, 4.69) is 4.98 Å². The Bertz CT molecular complexity index is 560. The predicted molar refractivity (Wildman–Crippen MR) is 78.5 cm³/mol. The van der Waals surface area contributed by atoms with Gasteiger partial charge in [0, 0.05) is 11.9 Å². The summed E-state index contributed by atoms with van der Waals surface area (Å²) in [6.45, 7) is 0.261. The number of aryl methyl sites for hydroxylation is 1. The standard InChI is InChI=1S/C15H18NO3P/c17-20(18,13-14-7-2-1-3-8-14)19-12-6-10-15-9-4-5-11-16-15/h1-5,7-9,11H,6,10,12-13H2,(H,17,18). The molecule has 0 aliphatic carbocycles. The second-order valence-electron chi connectivity index (χ2n) is 4.54. The summed E-state index contributed by atoms with van der Waals surface area (Å²) in [6, 6.07) is 14.9. The van der Waals surface area contributed by atoms with Crippen LogP contribution < -0.4 is 0 Å². The summed E-state index contributed by atoms with van der Waals surface area (Å²) in [5.41, 5.74) is 1.77. The summed E-state index contributed by atoms with van der Waals surface area (Å²) in [4.78, 5) is 14.0. The minimum Gasteiger partial charge on any atom is -0.324 e. The van der Waals surface area contributed by atoms with Crippen LogP contribution in [0.3, 0.4) is 0 Å². The van der Waals surface area contributed by atoms with E-state index in [0.29, 0.717) is 6.42 Å². The van der Waals surface area contributed by atoms with Crippen LogP contribution in [-0.2, 0) is 21.7 Å². The van der Waals surface area contributed by atoms with Gasteiger partial charge in [-0.15, -0.1) is 0 Å². The summed E-state index contributed by atoms with van der Waals surface area (Å²) in [7, 11) is -3.56. The fraction of sp³-hybridized carbons (Fsp3) is 0.267. The molecule has 0 aliphatic heterocycles. The van der Waals surface area contributed by atoms with E-state index in [9.17, 15) is 9.46 Å². The van der Waals surface area contributed by atoms with Crippen molar-refractivity contribution in [2.45, 2.75) is 19.0 Å². The Morgan fingerprint density at radius 1 is 1.10 bits per heavy atom. The largest absolute Gasteiger partial charge is 0.332 e. The van der Waals surface area contributed by atoms with E-state index >= 15 is 0 Å². The highest BCUT2D eigenvalue weighted by molar-refractivity contribution is 7.51. The molecule has 4 nitrogen and oxygen atoms in total. The van der Waals surface area contributed by atoms with Crippen molar-refractivity contribution in [1.82, 2.24) is 4.98 Å². The van der Waals surface area contributed by atoms with Gasteiger partial charge < -0.3 is 9.42 Å². The molecule has 2 rings (SSSR count). The molecular formula is C15H18NO3P. The average molecular weight is 291 g/mol. The lowest BCUT2D eigenvalue weighted by atomic mass is 10.2. The van der Waals surface area contributed by atoms with Gasteiger partial charge in [-0.05, 0) is 30.5 Å². The number of aromatic nitrogens is 1. The van der Waals surface area contributed by atoms with Crippen molar-refractivity contribution >= 4 is 7.60 Å². The molecule has 0 saturated heterocycles. The van der Waals surface area contributed by atoms with Gasteiger partial charge in [-0.2, -0.15) is 0 Å². The molecule has 0 radical (unpaired) electrons. The van der Waals surface area contributed by atoms with Gasteiger partial charge in [0.05, 0.1) is 12.8 Å². The quantitative estimate of drug-likeness (QED) is 0.627. The van der Waals surface area contributed by atoms with Crippen LogP contribution in [-0.4, -0.2) is 16.5 Å². The minimum atomic E-state index is -3.56. The third-order valence-corrected chi connectivity index (χ3v) is 4.17. The first kappa shape index (κ1) is 14.9. The molecule has 1 aromatic heterocycles. The highest BCUT2D eigenvalue weighted by Gasteiger charge is 2.19. The van der Waals surface area contributed by atoms with Crippen LogP contribution in [0, 0.1) is 0 Å². The lowest BCUT2D eigenvalue weighted by Gasteiger charge is -2.12. The van der Waals surface area contributed by atoms with Gasteiger partial charge in [-0.3, -0.25) is 9.55 Å². The second-order valence-corrected chi connectivity index (χ2v) is 6.39. The van der Waals surface area contributed by atoms with Gasteiger partial charge in [0.1, 0.15) is 0 Å². The number of benzene rings is 1. The Morgan fingerprint density at radius 3 is 2.55 bits per heavy atom. The number of nitrogens with zero attached hydrogens (tertiary/aromatic N) is 1. The van der Waals surface area contributed by atoms with E-state index in [1.54, 1.807) is 6.20 Å². The lowest BCUT2D eigenvalue weighted by Crippen LogP contribution is -1.98. The Hall–Kier alpha value is -1.48. The van der Waals surface area contributed by atoms with Crippen LogP contribution >= 0.6 is 7.60 Å². The van der Waals surface area contributed by atoms with E-state index in [1.165, 1.54) is 0 Å². The normalized spacial score (nSPS) is 13.8. The molecule has 1 atom stereocenters. The van der Waals surface area contributed by atoms with Crippen molar-refractivity contribution in [2.75, 3.05) is 6.61 Å². The van der Waals surface area contributed by atoms with Crippen molar-refractivity contribution < 1.29 is 14.0 Å². The van der Waals surface area contributed by atoms with Gasteiger partial charge in [0.15, 0.2) is 0 Å². The fourth-order valence-electron chi connectivity index (χ4n) is 1.87. The van der Waals surface area contributed by atoms with E-state index < -0.39 is 7.60 Å². The molecule has 2 aromatic rings. The van der Waals surface area contributed by atoms with E-state index in [4.69, 9.17) is 4.52 Å². The summed E-state index contributed by atoms with van der Waals surface area (Å²) < 4.78 is 17.1. The maximum atomic E-state index is 11.9. The zero-order valence-electron chi connectivity index (χ0n) is 11.2. The predicted octanol–water partition coefficient (Wildman–Crippen LogP) is 3.42. The molecule has 0 saturated carbocycles. The monoisotopic (exact) mass is 291 g/mol. The zero-order chi connectivity index (χ0) is 14.3. The van der Waals surface area contributed by atoms with Gasteiger partial charge in [-0.25, -0.2) is 0 Å². The Kier molecular flexibility index (Phi) is 5.48. The van der Waals surface area contributed by atoms with Crippen LogP contribution in [0.5, 0.6) is 0 Å². The first-order valence-corrected chi connectivity index (χ1v) is 8.32. The van der Waals surface area contributed by atoms with Crippen molar-refractivity contribution in [1.29, 1.82) is 0 Å². The van der Waals surface area contributed by atoms with Crippen molar-refractivity contribution in [3.05, 3.63) is 66.0 Å². The van der Waals surface area contributed by atoms with Crippen LogP contribution in [0.1, 0.15) is 17.7 Å². The maximum Gasteiger partial charge on any atom is 0.332 e. The maximum absolute atomic E-state index is 11.9. The summed E-state index contributed by atoms with van der Waals surface area (Å²) in [5, 5.41) is 0. The second kappa shape index (κ2) is 7.34. The van der Waals surface area contributed by atoms with E-state index in [0.717, 1.165) is 17.7 Å². The first-order chi connectivity index (χ1) is 9.66. The molecule has 106 valence electrons. The van der Waals surface area contributed by atoms with E-state index in [-0.39, 0.29) is 12.8 Å². The van der Waals surface area contributed by atoms with Gasteiger partial charge in [0.25, 0.3) is 0 Å². The molecule has 20 heavy (non-hydrogen) atoms. The van der Waals surface area contributed by atoms with E-state index in [1.807, 2.05) is 48.5 Å². The van der Waals surface area contributed by atoms with Crippen LogP contribution in [0.15, 0.2) is 54.7 Å². The molecule has 1 heterocycles. The topological polar surface area (TPSA) is 59.4 Å². The Labute approximate surface area is 119 Å². The smallest absolute Gasteiger partial charge is 0.324 e. The number of pyridine rings is 1. The van der Waals surface area contributed by atoms with Crippen LogP contribution in [0.25, 0.3) is 0 Å². The van der Waals surface area contributed by atoms with Crippen molar-refractivity contribution in [3.8, 4) is 0 Å². The average Bonchev–Trinajstić information content (AvgIpc) is 2.45. The van der Waals surface area contributed by atoms with Crippen LogP contribution in [0.4, 0.5) is 0 Å². The van der Waals surface area contributed by atoms with Gasteiger partial charge in [-0.1, -0.05) is 36.4 Å². The molecule has 0 spiro atoms. The summed E-state index contributed by atoms with van der Waals surface area (Å²) >= 11 is 0. The molecule has 1 N–H and O–H groups in total. The Balaban J connectivity index is 1.74. The summed E-state index contributed by atoms with van der Waals surface area (Å²) in [6.07, 6.45) is 3.21. The minimum absolute atomic E-state index is 0.0530. The van der Waals surface area contributed by atoms with Crippen molar-refractivity contribution in [3.63, 3.8) is 0 Å². The molecule has 0 fully saturated rings. The van der Waals surface area contributed by atoms with Crippen LogP contribution in [0.2, 0.25) is 0 Å². The molecule has 0 bridgehead atoms. The molecule has 1 aromatic carbocycles. The lowest BCUT2D eigenvalue weighted by molar-refractivity contribution is 0.255. The molecule has 0 amide bonds. The zero-order valence-corrected chi connectivity index (χ0v) is 12.1. The third kappa shape index (κ3) is 5.25. The fourth-order valence-corrected chi connectivity index (χ4v) is 3.04. The Morgan fingerprint density at radius 2 is 1.85 bits per heavy atom. The number of rotatable bonds is 7. The van der Waals surface area contributed by atoms with Crippen molar-refractivity contribution in [2.24, 2.45) is 0 Å². The molecule has 5 heteroatoms. The highest BCUT2D eigenvalue weighted by atomic mass is 31.2. The molecular weight excluding hydrogens is 273 g/mol. The number of hydrogen-bond donors (Lipinski definition) is 1. The highest BCUT2D eigenvalue weighted by Crippen LogP contribution is 2.45. The summed E-state index contributed by atoms with van der Waals surface area (Å²) in [5.74, 6) is 0. The van der Waals surface area contributed by atoms with Gasteiger partial charge >= 0.3 is 7.60 Å².